The molecule has 2 unspecified atom stereocenters. The van der Waals surface area contributed by atoms with Gasteiger partial charge in [0.15, 0.2) is 0 Å². The van der Waals surface area contributed by atoms with Gasteiger partial charge < -0.3 is 11.1 Å². The molecule has 106 valence electrons. The largest absolute Gasteiger partial charge is 0.393 e. The van der Waals surface area contributed by atoms with Crippen molar-refractivity contribution < 1.29 is 4.79 Å². The Bertz CT molecular complexity index is 442. The Morgan fingerprint density at radius 1 is 1.53 bits per heavy atom. The first-order valence-corrected chi connectivity index (χ1v) is 7.81. The van der Waals surface area contributed by atoms with Crippen LogP contribution in [0.5, 0.6) is 0 Å². The van der Waals surface area contributed by atoms with Crippen molar-refractivity contribution in [3.63, 3.8) is 0 Å². The molecule has 0 radical (unpaired) electrons. The quantitative estimate of drug-likeness (QED) is 0.761. The average molecular weight is 298 g/mol. The fourth-order valence-electron chi connectivity index (χ4n) is 1.98. The zero-order valence-corrected chi connectivity index (χ0v) is 13.4. The minimum absolute atomic E-state index is 0.0462. The molecule has 0 saturated heterocycles. The summed E-state index contributed by atoms with van der Waals surface area (Å²) in [5.74, 6) is -0.386. The van der Waals surface area contributed by atoms with Crippen molar-refractivity contribution in [3.8, 4) is 0 Å². The first kappa shape index (κ1) is 16.1. The molecule has 0 fully saturated rings. The number of carbonyl (C=O) groups is 1. The van der Waals surface area contributed by atoms with E-state index < -0.39 is 0 Å². The molecule has 0 aliphatic carbocycles. The Morgan fingerprint density at radius 3 is 2.68 bits per heavy atom. The fraction of sp³-hybridized carbons (Fsp3) is 0.571. The van der Waals surface area contributed by atoms with Gasteiger partial charge in [0.05, 0.1) is 10.9 Å². The fourth-order valence-corrected chi connectivity index (χ4v) is 3.23. The summed E-state index contributed by atoms with van der Waals surface area (Å²) in [6, 6.07) is 4.31. The van der Waals surface area contributed by atoms with Crippen molar-refractivity contribution in [1.82, 2.24) is 5.32 Å². The van der Waals surface area contributed by atoms with E-state index in [1.165, 1.54) is 9.75 Å². The molecule has 0 saturated carbocycles. The third-order valence-corrected chi connectivity index (χ3v) is 4.24. The van der Waals surface area contributed by atoms with Crippen molar-refractivity contribution in [3.05, 3.63) is 21.9 Å². The summed E-state index contributed by atoms with van der Waals surface area (Å²) >= 11 is 6.73. The molecular weight excluding hydrogens is 276 g/mol. The highest BCUT2D eigenvalue weighted by atomic mass is 32.1. The van der Waals surface area contributed by atoms with E-state index >= 15 is 0 Å². The van der Waals surface area contributed by atoms with Gasteiger partial charge in [-0.15, -0.1) is 11.3 Å². The van der Waals surface area contributed by atoms with E-state index in [9.17, 15) is 4.79 Å². The molecule has 0 bridgehead atoms. The first-order chi connectivity index (χ1) is 8.93. The van der Waals surface area contributed by atoms with Crippen LogP contribution in [-0.2, 0) is 11.2 Å². The van der Waals surface area contributed by atoms with Crippen molar-refractivity contribution in [2.45, 2.75) is 46.1 Å². The molecule has 1 heterocycles. The number of hydrogen-bond donors (Lipinski definition) is 2. The maximum Gasteiger partial charge on any atom is 0.230 e. The van der Waals surface area contributed by atoms with Crippen LogP contribution in [0.4, 0.5) is 0 Å². The summed E-state index contributed by atoms with van der Waals surface area (Å²) < 4.78 is 0. The highest BCUT2D eigenvalue weighted by Crippen LogP contribution is 2.17. The number of nitrogens with two attached hydrogens (primary N) is 1. The summed E-state index contributed by atoms with van der Waals surface area (Å²) in [6.45, 7) is 6.12. The van der Waals surface area contributed by atoms with Crippen molar-refractivity contribution in [2.75, 3.05) is 0 Å². The molecule has 1 aromatic heterocycles. The highest BCUT2D eigenvalue weighted by molar-refractivity contribution is 7.80. The Balaban J connectivity index is 2.52. The van der Waals surface area contributed by atoms with Gasteiger partial charge in [0.25, 0.3) is 0 Å². The van der Waals surface area contributed by atoms with Gasteiger partial charge in [-0.25, -0.2) is 0 Å². The van der Waals surface area contributed by atoms with Crippen LogP contribution in [0.3, 0.4) is 0 Å². The molecule has 0 aliphatic heterocycles. The molecule has 19 heavy (non-hydrogen) atoms. The Labute approximate surface area is 124 Å². The third-order valence-electron chi connectivity index (χ3n) is 2.93. The molecular formula is C14H22N2OS2. The molecule has 1 rings (SSSR count). The van der Waals surface area contributed by atoms with Gasteiger partial charge in [0, 0.05) is 22.2 Å². The van der Waals surface area contributed by atoms with Crippen molar-refractivity contribution >= 4 is 34.5 Å². The zero-order chi connectivity index (χ0) is 14.4. The maximum absolute atomic E-state index is 12.1. The van der Waals surface area contributed by atoms with Gasteiger partial charge in [0.1, 0.15) is 0 Å². The predicted molar refractivity (Wildman–Crippen MR) is 85.5 cm³/mol. The second kappa shape index (κ2) is 7.60. The lowest BCUT2D eigenvalue weighted by atomic mass is 10.0. The van der Waals surface area contributed by atoms with Crippen LogP contribution in [-0.4, -0.2) is 16.9 Å². The number of amides is 1. The summed E-state index contributed by atoms with van der Waals surface area (Å²) in [7, 11) is 0. The minimum Gasteiger partial charge on any atom is -0.393 e. The second-order valence-electron chi connectivity index (χ2n) is 4.87. The summed E-state index contributed by atoms with van der Waals surface area (Å²) in [5.41, 5.74) is 5.63. The molecule has 3 nitrogen and oxygen atoms in total. The summed E-state index contributed by atoms with van der Waals surface area (Å²) in [5, 5.41) is 3.00. The number of rotatable bonds is 7. The van der Waals surface area contributed by atoms with Crippen molar-refractivity contribution in [2.24, 2.45) is 11.7 Å². The number of thiophene rings is 1. The van der Waals surface area contributed by atoms with Gasteiger partial charge in [0.2, 0.25) is 5.91 Å². The molecule has 0 spiro atoms. The third kappa shape index (κ3) is 5.28. The highest BCUT2D eigenvalue weighted by Gasteiger charge is 2.21. The van der Waals surface area contributed by atoms with Crippen LogP contribution in [0.2, 0.25) is 0 Å². The summed E-state index contributed by atoms with van der Waals surface area (Å²) in [6.07, 6.45) is 2.46. The molecule has 0 aliphatic rings. The average Bonchev–Trinajstić information content (AvgIpc) is 2.70. The standard InChI is InChI=1S/C14H22N2OS2/c1-4-5-12(13(15)18)14(17)16-9(2)8-11-7-6-10(3)19-11/h6-7,9,12H,4-5,8H2,1-3H3,(H2,15,18)(H,16,17). The first-order valence-electron chi connectivity index (χ1n) is 6.59. The smallest absolute Gasteiger partial charge is 0.230 e. The van der Waals surface area contributed by atoms with Crippen LogP contribution in [0.25, 0.3) is 0 Å². The van der Waals surface area contributed by atoms with Crippen molar-refractivity contribution in [1.29, 1.82) is 0 Å². The SMILES string of the molecule is CCCC(C(=O)NC(C)Cc1ccc(C)s1)C(N)=S. The van der Waals surface area contributed by atoms with Crippen LogP contribution in [0.15, 0.2) is 12.1 Å². The van der Waals surface area contributed by atoms with E-state index in [1.807, 2.05) is 13.8 Å². The van der Waals surface area contributed by atoms with Crippen LogP contribution in [0.1, 0.15) is 36.4 Å². The lowest BCUT2D eigenvalue weighted by Crippen LogP contribution is -2.42. The van der Waals surface area contributed by atoms with Crippen LogP contribution >= 0.6 is 23.6 Å². The number of nitrogens with one attached hydrogen (secondary N) is 1. The Morgan fingerprint density at radius 2 is 2.21 bits per heavy atom. The van der Waals surface area contributed by atoms with E-state index in [2.05, 4.69) is 24.4 Å². The molecule has 2 atom stereocenters. The zero-order valence-electron chi connectivity index (χ0n) is 11.7. The molecule has 3 N–H and O–H groups in total. The van der Waals surface area contributed by atoms with Gasteiger partial charge in [-0.05, 0) is 32.4 Å². The molecule has 0 aromatic carbocycles. The predicted octanol–water partition coefficient (Wildman–Crippen LogP) is 2.81. The Hall–Kier alpha value is -0.940. The lowest BCUT2D eigenvalue weighted by Gasteiger charge is -2.18. The van der Waals surface area contributed by atoms with Gasteiger partial charge in [-0.2, -0.15) is 0 Å². The van der Waals surface area contributed by atoms with E-state index in [0.717, 1.165) is 12.8 Å². The maximum atomic E-state index is 12.1. The molecule has 5 heteroatoms. The van der Waals surface area contributed by atoms with Gasteiger partial charge in [-0.3, -0.25) is 4.79 Å². The van der Waals surface area contributed by atoms with E-state index in [0.29, 0.717) is 11.4 Å². The number of hydrogen-bond acceptors (Lipinski definition) is 3. The van der Waals surface area contributed by atoms with E-state index in [4.69, 9.17) is 18.0 Å². The Kier molecular flexibility index (Phi) is 6.45. The monoisotopic (exact) mass is 298 g/mol. The summed E-state index contributed by atoms with van der Waals surface area (Å²) in [4.78, 5) is 15.0. The lowest BCUT2D eigenvalue weighted by molar-refractivity contribution is -0.123. The molecule has 1 aromatic rings. The topological polar surface area (TPSA) is 55.1 Å². The van der Waals surface area contributed by atoms with Crippen LogP contribution in [0, 0.1) is 12.8 Å². The van der Waals surface area contributed by atoms with Gasteiger partial charge >= 0.3 is 0 Å². The normalized spacial score (nSPS) is 13.8. The van der Waals surface area contributed by atoms with E-state index in [1.54, 1.807) is 11.3 Å². The number of aryl methyl sites for hydroxylation is 1. The van der Waals surface area contributed by atoms with E-state index in [-0.39, 0.29) is 17.9 Å². The van der Waals surface area contributed by atoms with Crippen LogP contribution < -0.4 is 11.1 Å². The minimum atomic E-state index is -0.340. The van der Waals surface area contributed by atoms with Gasteiger partial charge in [-0.1, -0.05) is 25.6 Å². The molecule has 1 amide bonds. The number of thiocarbonyl (C=S) groups is 1. The second-order valence-corrected chi connectivity index (χ2v) is 6.71. The number of carbonyl (C=O) groups excluding carboxylic acids is 1.